The molecular weight excluding hydrogens is 727 g/mol. The predicted molar refractivity (Wildman–Crippen MR) is 240 cm³/mol. The van der Waals surface area contributed by atoms with E-state index in [1.165, 1.54) is 0 Å². The van der Waals surface area contributed by atoms with Crippen LogP contribution in [-0.2, 0) is 28.6 Å². The van der Waals surface area contributed by atoms with E-state index in [0.717, 1.165) is 77.0 Å². The third kappa shape index (κ3) is 37.3. The Morgan fingerprint density at radius 1 is 0.517 bits per heavy atom. The van der Waals surface area contributed by atoms with E-state index in [1.807, 2.05) is 0 Å². The van der Waals surface area contributed by atoms with Crippen molar-refractivity contribution in [3.8, 4) is 0 Å². The average molecular weight is 804 g/mol. The number of unbranched alkanes of at least 4 members (excludes halogenated alkanes) is 2. The fourth-order valence-corrected chi connectivity index (χ4v) is 5.32. The minimum absolute atomic E-state index is 0.00700. The number of nitrogens with zero attached hydrogens (tertiary/aromatic N) is 1. The van der Waals surface area contributed by atoms with Gasteiger partial charge in [-0.05, 0) is 89.9 Å². The second kappa shape index (κ2) is 39.6. The minimum atomic E-state index is -1.15. The molecule has 0 saturated heterocycles. The number of hydrogen-bond donors (Lipinski definition) is 0. The van der Waals surface area contributed by atoms with Gasteiger partial charge in [0.25, 0.3) is 0 Å². The van der Waals surface area contributed by atoms with Gasteiger partial charge < -0.3 is 28.6 Å². The molecule has 0 amide bonds. The van der Waals surface area contributed by atoms with E-state index >= 15 is 0 Å². The fourth-order valence-electron chi connectivity index (χ4n) is 5.32. The van der Waals surface area contributed by atoms with Gasteiger partial charge in [0.1, 0.15) is 12.6 Å². The standard InChI is InChI=1S/C50H77NO7/c1-6-8-10-12-14-16-18-19-20-21-22-23-24-25-26-27-28-29-31-32-34-36-38-40-48(52)57-45-46(44-56-43-42-47(50(54)55)51(3,4)5)58-49(53)41-39-37-35-33-30-17-15-13-11-9-7-2/h8-11,14-17,19-20,22-23,25-26,28-29,32-35,46-47H,6-7,12-13,18,21,24,27,30-31,36-45H2,1-5H3/b10-8+,11-9+,16-14+,17-15+,20-19+,23-22+,26-25+,29-28+,34-32+,35-33+. The fraction of sp³-hybridized carbons (Fsp3) is 0.540. The van der Waals surface area contributed by atoms with E-state index in [2.05, 4.69) is 135 Å². The highest BCUT2D eigenvalue weighted by molar-refractivity contribution is 5.70. The summed E-state index contributed by atoms with van der Waals surface area (Å²) in [5.74, 6) is -1.91. The van der Waals surface area contributed by atoms with Crippen LogP contribution in [0.15, 0.2) is 122 Å². The maximum absolute atomic E-state index is 12.6. The molecule has 2 atom stereocenters. The SMILES string of the molecule is CC/C=C/C/C=C/C/C=C/C/C=C/C/C=C/C/C=C/C/C=C/CCCC(=O)OCC(COCCC(C(=O)[O-])[N+](C)(C)C)OC(=O)CCC/C=C/C/C=C/C/C=C/CC. The lowest BCUT2D eigenvalue weighted by Gasteiger charge is -2.34. The van der Waals surface area contributed by atoms with Crippen LogP contribution in [0.2, 0.25) is 0 Å². The van der Waals surface area contributed by atoms with E-state index in [1.54, 1.807) is 21.1 Å². The van der Waals surface area contributed by atoms with Crippen molar-refractivity contribution in [1.29, 1.82) is 0 Å². The van der Waals surface area contributed by atoms with Gasteiger partial charge in [-0.3, -0.25) is 9.59 Å². The molecule has 58 heavy (non-hydrogen) atoms. The van der Waals surface area contributed by atoms with Gasteiger partial charge in [-0.25, -0.2) is 0 Å². The van der Waals surface area contributed by atoms with Crippen LogP contribution in [0.5, 0.6) is 0 Å². The summed E-state index contributed by atoms with van der Waals surface area (Å²) in [6.45, 7) is 4.27. The molecule has 2 unspecified atom stereocenters. The normalized spacial score (nSPS) is 14.2. The number of likely N-dealkylation sites (N-methyl/N-ethyl adjacent to an activating group) is 1. The van der Waals surface area contributed by atoms with Crippen molar-refractivity contribution in [2.75, 3.05) is 41.0 Å². The molecule has 0 saturated carbocycles. The number of carboxylic acids is 1. The lowest BCUT2D eigenvalue weighted by molar-refractivity contribution is -0.889. The summed E-state index contributed by atoms with van der Waals surface area (Å²) < 4.78 is 17.0. The first-order valence-electron chi connectivity index (χ1n) is 21.6. The zero-order chi connectivity index (χ0) is 42.8. The Hall–Kier alpha value is -4.27. The molecule has 0 aromatic carbocycles. The van der Waals surface area contributed by atoms with Crippen LogP contribution >= 0.6 is 0 Å². The summed E-state index contributed by atoms with van der Waals surface area (Å²) in [7, 11) is 5.35. The zero-order valence-electron chi connectivity index (χ0n) is 36.6. The van der Waals surface area contributed by atoms with Crippen molar-refractivity contribution < 1.29 is 38.2 Å². The Bertz CT molecular complexity index is 1350. The number of quaternary nitrogens is 1. The highest BCUT2D eigenvalue weighted by Crippen LogP contribution is 2.10. The molecule has 8 heteroatoms. The zero-order valence-corrected chi connectivity index (χ0v) is 36.6. The first kappa shape index (κ1) is 53.7. The lowest BCUT2D eigenvalue weighted by Crippen LogP contribution is -2.55. The third-order valence-electron chi connectivity index (χ3n) is 8.59. The number of ether oxygens (including phenoxy) is 3. The Balaban J connectivity index is 4.48. The highest BCUT2D eigenvalue weighted by atomic mass is 16.6. The number of aliphatic carboxylic acids is 1. The molecule has 324 valence electrons. The van der Waals surface area contributed by atoms with Crippen LogP contribution in [0, 0.1) is 0 Å². The molecule has 0 aliphatic rings. The number of carbonyl (C=O) groups excluding carboxylic acids is 3. The van der Waals surface area contributed by atoms with E-state index in [-0.39, 0.29) is 49.5 Å². The Labute approximate surface area is 352 Å². The Morgan fingerprint density at radius 3 is 1.24 bits per heavy atom. The molecule has 0 spiro atoms. The van der Waals surface area contributed by atoms with Crippen LogP contribution in [0.25, 0.3) is 0 Å². The van der Waals surface area contributed by atoms with Gasteiger partial charge in [-0.15, -0.1) is 0 Å². The van der Waals surface area contributed by atoms with Crippen molar-refractivity contribution in [3.63, 3.8) is 0 Å². The van der Waals surface area contributed by atoms with Crippen LogP contribution in [0.1, 0.15) is 123 Å². The summed E-state index contributed by atoms with van der Waals surface area (Å²) in [6, 6.07) is -0.750. The second-order valence-electron chi connectivity index (χ2n) is 14.8. The lowest BCUT2D eigenvalue weighted by atomic mass is 10.1. The minimum Gasteiger partial charge on any atom is -0.544 e. The van der Waals surface area contributed by atoms with Gasteiger partial charge in [0.05, 0.1) is 40.3 Å². The van der Waals surface area contributed by atoms with Gasteiger partial charge in [-0.2, -0.15) is 0 Å². The van der Waals surface area contributed by atoms with Crippen molar-refractivity contribution in [1.82, 2.24) is 0 Å². The van der Waals surface area contributed by atoms with E-state index in [0.29, 0.717) is 12.8 Å². The molecule has 0 radical (unpaired) electrons. The van der Waals surface area contributed by atoms with Gasteiger partial charge in [0.2, 0.25) is 0 Å². The molecule has 0 aliphatic heterocycles. The summed E-state index contributed by atoms with van der Waals surface area (Å²) >= 11 is 0. The number of esters is 2. The monoisotopic (exact) mass is 804 g/mol. The number of carboxylic acid groups (broad SMARTS) is 1. The van der Waals surface area contributed by atoms with E-state index in [9.17, 15) is 19.5 Å². The van der Waals surface area contributed by atoms with Crippen molar-refractivity contribution in [2.45, 2.75) is 135 Å². The van der Waals surface area contributed by atoms with Gasteiger partial charge in [0, 0.05) is 19.3 Å². The molecule has 0 heterocycles. The molecule has 0 aliphatic carbocycles. The number of rotatable bonds is 36. The van der Waals surface area contributed by atoms with Crippen LogP contribution in [-0.4, -0.2) is 75.5 Å². The van der Waals surface area contributed by atoms with Crippen molar-refractivity contribution in [3.05, 3.63) is 122 Å². The largest absolute Gasteiger partial charge is 0.544 e. The van der Waals surface area contributed by atoms with E-state index < -0.39 is 24.1 Å². The van der Waals surface area contributed by atoms with Gasteiger partial charge in [0.15, 0.2) is 6.10 Å². The molecule has 0 fully saturated rings. The third-order valence-corrected chi connectivity index (χ3v) is 8.59. The molecule has 0 aromatic rings. The van der Waals surface area contributed by atoms with Gasteiger partial charge >= 0.3 is 11.9 Å². The second-order valence-corrected chi connectivity index (χ2v) is 14.8. The molecule has 0 N–H and O–H groups in total. The van der Waals surface area contributed by atoms with E-state index in [4.69, 9.17) is 14.2 Å². The molecule has 0 aromatic heterocycles. The molecule has 0 bridgehead atoms. The quantitative estimate of drug-likeness (QED) is 0.0269. The Kier molecular flexibility index (Phi) is 36.6. The summed E-state index contributed by atoms with van der Waals surface area (Å²) in [5.41, 5.74) is 0. The first-order valence-corrected chi connectivity index (χ1v) is 21.6. The van der Waals surface area contributed by atoms with Crippen molar-refractivity contribution in [2.24, 2.45) is 0 Å². The summed E-state index contributed by atoms with van der Waals surface area (Å²) in [4.78, 5) is 36.7. The number of hydrogen-bond acceptors (Lipinski definition) is 7. The average Bonchev–Trinajstić information content (AvgIpc) is 3.18. The van der Waals surface area contributed by atoms with Gasteiger partial charge in [-0.1, -0.05) is 135 Å². The molecule has 0 rings (SSSR count). The first-order chi connectivity index (χ1) is 28.1. The van der Waals surface area contributed by atoms with Crippen LogP contribution < -0.4 is 5.11 Å². The highest BCUT2D eigenvalue weighted by Gasteiger charge is 2.25. The maximum Gasteiger partial charge on any atom is 0.306 e. The molecule has 8 nitrogen and oxygen atoms in total. The van der Waals surface area contributed by atoms with Crippen LogP contribution in [0.4, 0.5) is 0 Å². The Morgan fingerprint density at radius 2 is 0.879 bits per heavy atom. The smallest absolute Gasteiger partial charge is 0.306 e. The topological polar surface area (TPSA) is 102 Å². The van der Waals surface area contributed by atoms with Crippen LogP contribution in [0.3, 0.4) is 0 Å². The number of carbonyl (C=O) groups is 3. The maximum atomic E-state index is 12.6. The molecular formula is C50H77NO7. The van der Waals surface area contributed by atoms with Crippen molar-refractivity contribution >= 4 is 17.9 Å². The summed E-state index contributed by atoms with van der Waals surface area (Å²) in [5, 5.41) is 11.6. The number of allylic oxidation sites excluding steroid dienone is 20. The summed E-state index contributed by atoms with van der Waals surface area (Å²) in [6.07, 6.45) is 55.4. The predicted octanol–water partition coefficient (Wildman–Crippen LogP) is 10.5.